The number of rotatable bonds is 12. The van der Waals surface area contributed by atoms with E-state index in [0.29, 0.717) is 6.54 Å². The molecule has 0 spiro atoms. The molecule has 0 radical (unpaired) electrons. The van der Waals surface area contributed by atoms with Crippen molar-refractivity contribution in [1.29, 1.82) is 0 Å². The zero-order chi connectivity index (χ0) is 27.4. The number of alkyl carbamates (subject to hydrolysis) is 1. The van der Waals surface area contributed by atoms with Gasteiger partial charge in [0.1, 0.15) is 17.7 Å². The summed E-state index contributed by atoms with van der Waals surface area (Å²) < 4.78 is 5.37. The van der Waals surface area contributed by atoms with Crippen molar-refractivity contribution >= 4 is 17.9 Å². The molecule has 7 heteroatoms. The van der Waals surface area contributed by atoms with E-state index in [0.717, 1.165) is 63.4 Å². The smallest absolute Gasteiger partial charge is 0.408 e. The molecule has 37 heavy (non-hydrogen) atoms. The lowest BCUT2D eigenvalue weighted by atomic mass is 9.94. The third kappa shape index (κ3) is 10.4. The maximum atomic E-state index is 13.8. The molecule has 1 aromatic rings. The fraction of sp³-hybridized carbons (Fsp3) is 0.700. The summed E-state index contributed by atoms with van der Waals surface area (Å²) in [6.45, 7) is 11.7. The monoisotopic (exact) mass is 515 g/mol. The molecule has 7 nitrogen and oxygen atoms in total. The van der Waals surface area contributed by atoms with E-state index in [2.05, 4.69) is 24.5 Å². The Bertz CT molecular complexity index is 857. The van der Waals surface area contributed by atoms with Crippen LogP contribution >= 0.6 is 0 Å². The number of unbranched alkanes of at least 4 members (excludes halogenated alkanes) is 3. The molecule has 3 amide bonds. The van der Waals surface area contributed by atoms with E-state index < -0.39 is 23.8 Å². The summed E-state index contributed by atoms with van der Waals surface area (Å²) in [6.07, 6.45) is 9.51. The Labute approximate surface area is 224 Å². The van der Waals surface area contributed by atoms with Crippen LogP contribution in [0, 0.1) is 0 Å². The van der Waals surface area contributed by atoms with E-state index in [9.17, 15) is 14.4 Å². The minimum absolute atomic E-state index is 0.132. The molecular weight excluding hydrogens is 466 g/mol. The van der Waals surface area contributed by atoms with Crippen molar-refractivity contribution in [3.05, 3.63) is 35.4 Å². The second-order valence-electron chi connectivity index (χ2n) is 11.3. The highest BCUT2D eigenvalue weighted by atomic mass is 16.6. The average molecular weight is 516 g/mol. The summed E-state index contributed by atoms with van der Waals surface area (Å²) in [6, 6.07) is 6.51. The predicted molar refractivity (Wildman–Crippen MR) is 148 cm³/mol. The van der Waals surface area contributed by atoms with Crippen LogP contribution in [0.5, 0.6) is 0 Å². The van der Waals surface area contributed by atoms with Gasteiger partial charge in [0, 0.05) is 12.6 Å². The number of ether oxygens (including phenoxy) is 1. The Balaban J connectivity index is 2.35. The lowest BCUT2D eigenvalue weighted by Gasteiger charge is -2.35. The van der Waals surface area contributed by atoms with Crippen LogP contribution in [-0.2, 0) is 20.7 Å². The largest absolute Gasteiger partial charge is 0.444 e. The van der Waals surface area contributed by atoms with E-state index in [-0.39, 0.29) is 17.9 Å². The van der Waals surface area contributed by atoms with E-state index >= 15 is 0 Å². The quantitative estimate of drug-likeness (QED) is 0.331. The van der Waals surface area contributed by atoms with E-state index in [1.54, 1.807) is 32.6 Å². The molecule has 1 aromatic carbocycles. The molecule has 0 aliphatic heterocycles. The Morgan fingerprint density at radius 1 is 1.00 bits per heavy atom. The summed E-state index contributed by atoms with van der Waals surface area (Å²) in [4.78, 5) is 41.7. The maximum absolute atomic E-state index is 13.8. The summed E-state index contributed by atoms with van der Waals surface area (Å²) in [5, 5.41) is 5.93. The SMILES string of the molecule is CCCCCCN(C(=O)C(C)NC(=O)OC(C)(C)C)C(C(=O)NC1CCCCC1)c1ccc(CC)cc1. The fourth-order valence-electron chi connectivity index (χ4n) is 4.81. The molecule has 1 aliphatic rings. The summed E-state index contributed by atoms with van der Waals surface area (Å²) >= 11 is 0. The molecule has 0 aromatic heterocycles. The highest BCUT2D eigenvalue weighted by Gasteiger charge is 2.35. The van der Waals surface area contributed by atoms with Crippen LogP contribution < -0.4 is 10.6 Å². The van der Waals surface area contributed by atoms with Crippen LogP contribution in [-0.4, -0.2) is 47.0 Å². The van der Waals surface area contributed by atoms with Crippen molar-refractivity contribution in [1.82, 2.24) is 15.5 Å². The number of aryl methyl sites for hydroxylation is 1. The highest BCUT2D eigenvalue weighted by Crippen LogP contribution is 2.26. The van der Waals surface area contributed by atoms with Crippen LogP contribution in [0.1, 0.15) is 116 Å². The molecule has 1 fully saturated rings. The van der Waals surface area contributed by atoms with Gasteiger partial charge in [0.25, 0.3) is 0 Å². The van der Waals surface area contributed by atoms with Crippen LogP contribution in [0.4, 0.5) is 4.79 Å². The van der Waals surface area contributed by atoms with Crippen molar-refractivity contribution in [2.24, 2.45) is 0 Å². The summed E-state index contributed by atoms with van der Waals surface area (Å²) in [5.74, 6) is -0.435. The minimum Gasteiger partial charge on any atom is -0.444 e. The molecule has 2 rings (SSSR count). The molecule has 0 bridgehead atoms. The third-order valence-electron chi connectivity index (χ3n) is 6.85. The topological polar surface area (TPSA) is 87.7 Å². The van der Waals surface area contributed by atoms with Gasteiger partial charge >= 0.3 is 6.09 Å². The maximum Gasteiger partial charge on any atom is 0.408 e. The standard InChI is InChI=1S/C30H49N3O4/c1-7-9-10-14-21-33(28(35)22(3)31-29(36)37-30(4,5)6)26(24-19-17-23(8-2)18-20-24)27(34)32-25-15-12-11-13-16-25/h17-20,22,25-26H,7-16,21H2,1-6H3,(H,31,36)(H,32,34). The van der Waals surface area contributed by atoms with Gasteiger partial charge in [0.05, 0.1) is 0 Å². The van der Waals surface area contributed by atoms with E-state index in [1.165, 1.54) is 12.0 Å². The molecule has 2 N–H and O–H groups in total. The van der Waals surface area contributed by atoms with Gasteiger partial charge in [-0.25, -0.2) is 4.79 Å². The first kappa shape index (κ1) is 30.7. The van der Waals surface area contributed by atoms with Crippen LogP contribution in [0.2, 0.25) is 0 Å². The van der Waals surface area contributed by atoms with Gasteiger partial charge < -0.3 is 20.3 Å². The van der Waals surface area contributed by atoms with Crippen LogP contribution in [0.3, 0.4) is 0 Å². The number of carbonyl (C=O) groups excluding carboxylic acids is 3. The van der Waals surface area contributed by atoms with Crippen molar-refractivity contribution in [2.45, 2.75) is 129 Å². The van der Waals surface area contributed by atoms with Gasteiger partial charge in [0.2, 0.25) is 11.8 Å². The Morgan fingerprint density at radius 2 is 1.65 bits per heavy atom. The van der Waals surface area contributed by atoms with E-state index in [4.69, 9.17) is 4.74 Å². The van der Waals surface area contributed by atoms with Gasteiger partial charge in [-0.15, -0.1) is 0 Å². The number of nitrogens with one attached hydrogen (secondary N) is 2. The van der Waals surface area contributed by atoms with Gasteiger partial charge in [-0.3, -0.25) is 9.59 Å². The van der Waals surface area contributed by atoms with Gasteiger partial charge in [-0.2, -0.15) is 0 Å². The fourth-order valence-corrected chi connectivity index (χ4v) is 4.81. The molecule has 1 aliphatic carbocycles. The minimum atomic E-state index is -0.832. The van der Waals surface area contributed by atoms with E-state index in [1.807, 2.05) is 24.3 Å². The molecule has 0 saturated heterocycles. The zero-order valence-electron chi connectivity index (χ0n) is 23.9. The molecular formula is C30H49N3O4. The predicted octanol–water partition coefficient (Wildman–Crippen LogP) is 6.06. The zero-order valence-corrected chi connectivity index (χ0v) is 23.9. The highest BCUT2D eigenvalue weighted by molar-refractivity contribution is 5.92. The van der Waals surface area contributed by atoms with Gasteiger partial charge in [-0.05, 0) is 64.5 Å². The summed E-state index contributed by atoms with van der Waals surface area (Å²) in [7, 11) is 0. The van der Waals surface area contributed by atoms with Crippen molar-refractivity contribution in [3.8, 4) is 0 Å². The first-order chi connectivity index (χ1) is 17.6. The van der Waals surface area contributed by atoms with Crippen molar-refractivity contribution in [2.75, 3.05) is 6.54 Å². The van der Waals surface area contributed by atoms with Crippen LogP contribution in [0.15, 0.2) is 24.3 Å². The van der Waals surface area contributed by atoms with Gasteiger partial charge in [-0.1, -0.05) is 76.6 Å². The second kappa shape index (κ2) is 15.0. The Morgan fingerprint density at radius 3 is 2.22 bits per heavy atom. The number of hydrogen-bond donors (Lipinski definition) is 2. The second-order valence-corrected chi connectivity index (χ2v) is 11.3. The van der Waals surface area contributed by atoms with Crippen LogP contribution in [0.25, 0.3) is 0 Å². The normalized spacial score (nSPS) is 15.9. The molecule has 2 unspecified atom stereocenters. The number of benzene rings is 1. The lowest BCUT2D eigenvalue weighted by Crippen LogP contribution is -2.53. The first-order valence-electron chi connectivity index (χ1n) is 14.2. The first-order valence-corrected chi connectivity index (χ1v) is 14.2. The average Bonchev–Trinajstić information content (AvgIpc) is 2.85. The van der Waals surface area contributed by atoms with Crippen molar-refractivity contribution in [3.63, 3.8) is 0 Å². The molecule has 208 valence electrons. The third-order valence-corrected chi connectivity index (χ3v) is 6.85. The number of hydrogen-bond acceptors (Lipinski definition) is 4. The lowest BCUT2D eigenvalue weighted by molar-refractivity contribution is -0.142. The Kier molecular flexibility index (Phi) is 12.4. The van der Waals surface area contributed by atoms with Gasteiger partial charge in [0.15, 0.2) is 0 Å². The molecule has 0 heterocycles. The molecule has 1 saturated carbocycles. The number of carbonyl (C=O) groups is 3. The Hall–Kier alpha value is -2.57. The molecule has 2 atom stereocenters. The number of amides is 3. The van der Waals surface area contributed by atoms with Crippen molar-refractivity contribution < 1.29 is 19.1 Å². The summed E-state index contributed by atoms with van der Waals surface area (Å²) in [5.41, 5.74) is 1.30. The number of nitrogens with zero attached hydrogens (tertiary/aromatic N) is 1.